The topological polar surface area (TPSA) is 111 Å². The average molecular weight is 317 g/mol. The molecular weight excluding hydrogens is 302 g/mol. The van der Waals surface area contributed by atoms with Crippen molar-refractivity contribution in [2.75, 3.05) is 18.6 Å². The molecule has 0 bridgehead atoms. The van der Waals surface area contributed by atoms with Crippen LogP contribution >= 0.6 is 0 Å². The molecule has 3 aromatic rings. The molecule has 2 aromatic carbocycles. The number of anilines is 2. The maximum atomic E-state index is 9.28. The van der Waals surface area contributed by atoms with Crippen molar-refractivity contribution in [2.24, 2.45) is 0 Å². The molecule has 6 heteroatoms. The quantitative estimate of drug-likeness (QED) is 0.768. The third-order valence-electron chi connectivity index (χ3n) is 3.63. The normalized spacial score (nSPS) is 10.2. The predicted octanol–water partition coefficient (Wildman–Crippen LogP) is 2.86. The lowest BCUT2D eigenvalue weighted by Gasteiger charge is -2.08. The van der Waals surface area contributed by atoms with Gasteiger partial charge in [-0.25, -0.2) is 4.98 Å². The summed E-state index contributed by atoms with van der Waals surface area (Å²) in [6.07, 6.45) is 0. The molecule has 0 amide bonds. The summed E-state index contributed by atoms with van der Waals surface area (Å²) in [5, 5.41) is 9.28. The molecule has 0 aliphatic carbocycles. The van der Waals surface area contributed by atoms with E-state index in [0.717, 1.165) is 22.4 Å². The molecule has 1 heterocycles. The molecule has 0 aliphatic rings. The van der Waals surface area contributed by atoms with Gasteiger partial charge in [-0.05, 0) is 23.3 Å². The fourth-order valence-electron chi connectivity index (χ4n) is 2.44. The lowest BCUT2D eigenvalue weighted by atomic mass is 10.0. The number of hydrogen-bond acceptors (Lipinski definition) is 6. The molecule has 4 N–H and O–H groups in total. The number of nitrogens with zero attached hydrogens (tertiary/aromatic N) is 3. The van der Waals surface area contributed by atoms with Crippen molar-refractivity contribution >= 4 is 11.8 Å². The van der Waals surface area contributed by atoms with E-state index < -0.39 is 0 Å². The van der Waals surface area contributed by atoms with E-state index in [0.29, 0.717) is 5.69 Å². The van der Waals surface area contributed by atoms with Gasteiger partial charge in [0.1, 0.15) is 23.2 Å². The number of hydrogen-bond donors (Lipinski definition) is 2. The lowest BCUT2D eigenvalue weighted by molar-refractivity contribution is 0.415. The Labute approximate surface area is 139 Å². The molecule has 24 heavy (non-hydrogen) atoms. The molecule has 0 unspecified atom stereocenters. The Morgan fingerprint density at radius 3 is 2.33 bits per heavy atom. The van der Waals surface area contributed by atoms with E-state index in [1.807, 2.05) is 54.6 Å². The van der Waals surface area contributed by atoms with Crippen LogP contribution in [0.15, 0.2) is 48.5 Å². The maximum Gasteiger partial charge on any atom is 0.222 e. The number of aromatic nitrogens is 2. The zero-order valence-electron chi connectivity index (χ0n) is 13.0. The maximum absolute atomic E-state index is 9.28. The van der Waals surface area contributed by atoms with Crippen LogP contribution < -0.4 is 16.2 Å². The van der Waals surface area contributed by atoms with Gasteiger partial charge in [0, 0.05) is 5.56 Å². The van der Waals surface area contributed by atoms with Gasteiger partial charge in [-0.15, -0.1) is 0 Å². The van der Waals surface area contributed by atoms with E-state index in [1.54, 1.807) is 7.11 Å². The Bertz CT molecular complexity index is 929. The molecule has 0 fully saturated rings. The van der Waals surface area contributed by atoms with Gasteiger partial charge in [-0.3, -0.25) is 0 Å². The van der Waals surface area contributed by atoms with E-state index >= 15 is 0 Å². The van der Waals surface area contributed by atoms with Crippen molar-refractivity contribution in [3.63, 3.8) is 0 Å². The van der Waals surface area contributed by atoms with Crippen LogP contribution in [-0.2, 0) is 0 Å². The zero-order valence-corrected chi connectivity index (χ0v) is 13.0. The highest BCUT2D eigenvalue weighted by molar-refractivity contribution is 5.75. The van der Waals surface area contributed by atoms with Crippen molar-refractivity contribution in [2.45, 2.75) is 0 Å². The summed E-state index contributed by atoms with van der Waals surface area (Å²) in [5.41, 5.74) is 14.9. The number of nitrogens with two attached hydrogens (primary N) is 2. The van der Waals surface area contributed by atoms with Gasteiger partial charge in [0.2, 0.25) is 5.95 Å². The molecule has 3 rings (SSSR count). The first-order chi connectivity index (χ1) is 11.6. The standard InChI is InChI=1S/C18H15N5O/c1-24-14-4-2-3-13(9-14)11-5-7-12(8-6-11)16-15(10-19)17(20)23-18(21)22-16/h2-9H,1H3,(H4,20,21,22,23). The number of nitriles is 1. The summed E-state index contributed by atoms with van der Waals surface area (Å²) in [4.78, 5) is 7.97. The highest BCUT2D eigenvalue weighted by Crippen LogP contribution is 2.29. The Morgan fingerprint density at radius 1 is 0.958 bits per heavy atom. The number of rotatable bonds is 3. The molecule has 0 atom stereocenters. The SMILES string of the molecule is COc1cccc(-c2ccc(-c3nc(N)nc(N)c3C#N)cc2)c1. The number of methoxy groups -OCH3 is 1. The van der Waals surface area contributed by atoms with Gasteiger partial charge in [0.25, 0.3) is 0 Å². The Balaban J connectivity index is 2.03. The minimum Gasteiger partial charge on any atom is -0.497 e. The third-order valence-corrected chi connectivity index (χ3v) is 3.63. The third kappa shape index (κ3) is 2.83. The van der Waals surface area contributed by atoms with E-state index in [1.165, 1.54) is 0 Å². The summed E-state index contributed by atoms with van der Waals surface area (Å²) < 4.78 is 5.25. The van der Waals surface area contributed by atoms with Crippen molar-refractivity contribution in [3.8, 4) is 34.2 Å². The highest BCUT2D eigenvalue weighted by atomic mass is 16.5. The lowest BCUT2D eigenvalue weighted by Crippen LogP contribution is -2.04. The minimum absolute atomic E-state index is 0.0402. The Morgan fingerprint density at radius 2 is 1.67 bits per heavy atom. The molecular formula is C18H15N5O. The van der Waals surface area contributed by atoms with E-state index in [9.17, 15) is 5.26 Å². The fraction of sp³-hybridized carbons (Fsp3) is 0.0556. The Kier molecular flexibility index (Phi) is 4.00. The van der Waals surface area contributed by atoms with Gasteiger partial charge in [0.15, 0.2) is 0 Å². The molecule has 0 saturated carbocycles. The van der Waals surface area contributed by atoms with Crippen LogP contribution in [0, 0.1) is 11.3 Å². The van der Waals surface area contributed by atoms with Crippen molar-refractivity contribution < 1.29 is 4.74 Å². The summed E-state index contributed by atoms with van der Waals surface area (Å²) >= 11 is 0. The number of ether oxygens (including phenoxy) is 1. The van der Waals surface area contributed by atoms with E-state index in [-0.39, 0.29) is 17.3 Å². The molecule has 6 nitrogen and oxygen atoms in total. The van der Waals surface area contributed by atoms with Gasteiger partial charge >= 0.3 is 0 Å². The van der Waals surface area contributed by atoms with Gasteiger partial charge in [-0.2, -0.15) is 10.2 Å². The van der Waals surface area contributed by atoms with Crippen molar-refractivity contribution in [1.82, 2.24) is 9.97 Å². The molecule has 0 spiro atoms. The summed E-state index contributed by atoms with van der Waals surface area (Å²) in [7, 11) is 1.63. The predicted molar refractivity (Wildman–Crippen MR) is 93.0 cm³/mol. The number of benzene rings is 2. The molecule has 118 valence electrons. The van der Waals surface area contributed by atoms with Crippen LogP contribution in [-0.4, -0.2) is 17.1 Å². The van der Waals surface area contributed by atoms with Gasteiger partial charge < -0.3 is 16.2 Å². The average Bonchev–Trinajstić information content (AvgIpc) is 2.61. The van der Waals surface area contributed by atoms with Crippen LogP contribution in [0.4, 0.5) is 11.8 Å². The second-order valence-corrected chi connectivity index (χ2v) is 5.11. The van der Waals surface area contributed by atoms with Crippen LogP contribution in [0.25, 0.3) is 22.4 Å². The highest BCUT2D eigenvalue weighted by Gasteiger charge is 2.13. The summed E-state index contributed by atoms with van der Waals surface area (Å²) in [6.45, 7) is 0. The smallest absolute Gasteiger partial charge is 0.222 e. The minimum atomic E-state index is 0.0402. The largest absolute Gasteiger partial charge is 0.497 e. The van der Waals surface area contributed by atoms with Crippen LogP contribution in [0.5, 0.6) is 5.75 Å². The monoisotopic (exact) mass is 317 g/mol. The van der Waals surface area contributed by atoms with Gasteiger partial charge in [-0.1, -0.05) is 36.4 Å². The Hall–Kier alpha value is -3.59. The van der Waals surface area contributed by atoms with Crippen LogP contribution in [0.1, 0.15) is 5.56 Å². The second-order valence-electron chi connectivity index (χ2n) is 5.11. The van der Waals surface area contributed by atoms with Crippen LogP contribution in [0.3, 0.4) is 0 Å². The summed E-state index contributed by atoms with van der Waals surface area (Å²) in [6, 6.07) is 17.4. The van der Waals surface area contributed by atoms with Crippen LogP contribution in [0.2, 0.25) is 0 Å². The second kappa shape index (κ2) is 6.26. The van der Waals surface area contributed by atoms with Crippen molar-refractivity contribution in [1.29, 1.82) is 5.26 Å². The first-order valence-corrected chi connectivity index (χ1v) is 7.20. The zero-order chi connectivity index (χ0) is 17.1. The molecule has 0 aliphatic heterocycles. The van der Waals surface area contributed by atoms with Gasteiger partial charge in [0.05, 0.1) is 12.8 Å². The molecule has 0 radical (unpaired) electrons. The molecule has 1 aromatic heterocycles. The van der Waals surface area contributed by atoms with E-state index in [2.05, 4.69) is 9.97 Å². The summed E-state index contributed by atoms with van der Waals surface area (Å²) in [5.74, 6) is 0.912. The number of nitrogen functional groups attached to an aromatic ring is 2. The first kappa shape index (κ1) is 15.3. The fourth-order valence-corrected chi connectivity index (χ4v) is 2.44. The molecule has 0 saturated heterocycles. The van der Waals surface area contributed by atoms with E-state index in [4.69, 9.17) is 16.2 Å². The van der Waals surface area contributed by atoms with Crippen molar-refractivity contribution in [3.05, 3.63) is 54.1 Å². The first-order valence-electron chi connectivity index (χ1n) is 7.20.